The van der Waals surface area contributed by atoms with Crippen LogP contribution in [0.5, 0.6) is 0 Å². The Kier molecular flexibility index (Phi) is 9.66. The molecule has 0 aromatic carbocycles. The van der Waals surface area contributed by atoms with E-state index < -0.39 is 18.4 Å². The molecule has 1 unspecified atom stereocenters. The zero-order chi connectivity index (χ0) is 14.7. The van der Waals surface area contributed by atoms with Gasteiger partial charge in [0.25, 0.3) is 0 Å². The smallest absolute Gasteiger partial charge is 0.438 e. The lowest BCUT2D eigenvalue weighted by molar-refractivity contribution is -0.00951. The molecule has 0 aliphatic rings. The highest BCUT2D eigenvalue weighted by Crippen LogP contribution is 2.24. The molecular weight excluding hydrogens is 252 g/mol. The summed E-state index contributed by atoms with van der Waals surface area (Å²) in [5.41, 5.74) is 0. The maximum atomic E-state index is 11.2. The number of rotatable bonds is 8. The van der Waals surface area contributed by atoms with Crippen LogP contribution in [0.1, 0.15) is 46.0 Å². The molecule has 0 rings (SSSR count). The summed E-state index contributed by atoms with van der Waals surface area (Å²) in [5.74, 6) is 0. The lowest BCUT2D eigenvalue weighted by Crippen LogP contribution is -2.29. The van der Waals surface area contributed by atoms with Gasteiger partial charge in [0.1, 0.15) is 6.10 Å². The van der Waals surface area contributed by atoms with Gasteiger partial charge in [-0.1, -0.05) is 26.7 Å². The van der Waals surface area contributed by atoms with Gasteiger partial charge >= 0.3 is 12.3 Å². The topological polar surface area (TPSA) is 71.1 Å². The largest absolute Gasteiger partial charge is 0.508 e. The average molecular weight is 275 g/mol. The van der Waals surface area contributed by atoms with Crippen molar-refractivity contribution in [2.24, 2.45) is 0 Å². The fourth-order valence-electron chi connectivity index (χ4n) is 1.49. The van der Waals surface area contributed by atoms with E-state index in [9.17, 15) is 9.59 Å². The highest BCUT2D eigenvalue weighted by molar-refractivity contribution is 5.62. The number of carbonyl (C=O) groups excluding carboxylic acids is 2. The van der Waals surface area contributed by atoms with Gasteiger partial charge in [-0.3, -0.25) is 0 Å². The lowest BCUT2D eigenvalue weighted by Gasteiger charge is -2.24. The van der Waals surface area contributed by atoms with E-state index >= 15 is 0 Å². The molecule has 0 heterocycles. The van der Waals surface area contributed by atoms with Crippen LogP contribution in [0.25, 0.3) is 0 Å². The Bertz CT molecular complexity index is 266. The van der Waals surface area contributed by atoms with Crippen LogP contribution in [0.4, 0.5) is 9.59 Å². The van der Waals surface area contributed by atoms with Crippen LogP contribution in [0.15, 0.2) is 0 Å². The van der Waals surface area contributed by atoms with Gasteiger partial charge in [-0.15, -0.1) is 0 Å². The second kappa shape index (κ2) is 10.5. The van der Waals surface area contributed by atoms with Crippen molar-refractivity contribution in [1.29, 1.82) is 0 Å². The third-order valence-electron chi connectivity index (χ3n) is 2.47. The number of methoxy groups -OCH3 is 2. The van der Waals surface area contributed by atoms with Crippen LogP contribution in [-0.4, -0.2) is 32.6 Å². The minimum atomic E-state index is -0.805. The van der Waals surface area contributed by atoms with E-state index in [-0.39, 0.29) is 0 Å². The number of carbonyl (C=O) groups is 2. The maximum Gasteiger partial charge on any atom is 0.508 e. The molecule has 111 valence electrons. The third kappa shape index (κ3) is 7.54. The van der Waals surface area contributed by atoms with Crippen LogP contribution in [0.2, 0.25) is 0 Å². The highest BCUT2D eigenvalue weighted by Gasteiger charge is 2.30. The first-order chi connectivity index (χ1) is 9.08. The Balaban J connectivity index is 4.68. The first-order valence-electron chi connectivity index (χ1n) is 6.45. The number of ether oxygens (including phenoxy) is 4. The molecular formula is C13H23O6. The Morgan fingerprint density at radius 2 is 1.63 bits per heavy atom. The van der Waals surface area contributed by atoms with Crippen molar-refractivity contribution in [2.45, 2.75) is 52.1 Å². The second-order valence-corrected chi connectivity index (χ2v) is 3.98. The standard InChI is InChI=1S/C13H23O6/c1-5-7-9-11(19-13(15)17-4)10(8-6-2)18-12(14)16-3/h10H,5-9H2,1-4H3. The van der Waals surface area contributed by atoms with Crippen LogP contribution < -0.4 is 0 Å². The predicted molar refractivity (Wildman–Crippen MR) is 68.4 cm³/mol. The van der Waals surface area contributed by atoms with E-state index in [2.05, 4.69) is 9.47 Å². The van der Waals surface area contributed by atoms with Crippen molar-refractivity contribution in [2.75, 3.05) is 14.2 Å². The average Bonchev–Trinajstić information content (AvgIpc) is 2.42. The quantitative estimate of drug-likeness (QED) is 0.632. The minimum Gasteiger partial charge on any atom is -0.438 e. The molecule has 0 saturated heterocycles. The van der Waals surface area contributed by atoms with Crippen molar-refractivity contribution in [3.05, 3.63) is 6.10 Å². The van der Waals surface area contributed by atoms with Gasteiger partial charge in [0.15, 0.2) is 6.10 Å². The summed E-state index contributed by atoms with van der Waals surface area (Å²) < 4.78 is 19.1. The summed E-state index contributed by atoms with van der Waals surface area (Å²) in [6.45, 7) is 3.97. The summed E-state index contributed by atoms with van der Waals surface area (Å²) in [6.07, 6.45) is 1.85. The molecule has 6 nitrogen and oxygen atoms in total. The monoisotopic (exact) mass is 275 g/mol. The molecule has 0 aromatic heterocycles. The van der Waals surface area contributed by atoms with Crippen molar-refractivity contribution in [1.82, 2.24) is 0 Å². The molecule has 0 spiro atoms. The van der Waals surface area contributed by atoms with Crippen molar-refractivity contribution in [3.63, 3.8) is 0 Å². The van der Waals surface area contributed by atoms with Crippen LogP contribution >= 0.6 is 0 Å². The first kappa shape index (κ1) is 17.5. The zero-order valence-corrected chi connectivity index (χ0v) is 12.1. The van der Waals surface area contributed by atoms with Crippen LogP contribution in [0.3, 0.4) is 0 Å². The molecule has 19 heavy (non-hydrogen) atoms. The van der Waals surface area contributed by atoms with Gasteiger partial charge in [-0.25, -0.2) is 9.59 Å². The summed E-state index contributed by atoms with van der Waals surface area (Å²) in [7, 11) is 2.47. The number of hydrogen-bond donors (Lipinski definition) is 0. The molecule has 1 atom stereocenters. The summed E-state index contributed by atoms with van der Waals surface area (Å²) in [6, 6.07) is 0. The molecule has 6 heteroatoms. The van der Waals surface area contributed by atoms with Crippen LogP contribution in [0, 0.1) is 6.10 Å². The molecule has 0 aliphatic carbocycles. The van der Waals surface area contributed by atoms with Crippen molar-refractivity contribution in [3.8, 4) is 0 Å². The lowest BCUT2D eigenvalue weighted by atomic mass is 10.0. The number of unbranched alkanes of at least 4 members (excludes halogenated alkanes) is 1. The molecule has 0 N–H and O–H groups in total. The van der Waals surface area contributed by atoms with E-state index in [0.29, 0.717) is 18.9 Å². The van der Waals surface area contributed by atoms with E-state index in [4.69, 9.17) is 9.47 Å². The molecule has 0 aromatic rings. The molecule has 0 bridgehead atoms. The Labute approximate surface area is 114 Å². The summed E-state index contributed by atoms with van der Waals surface area (Å²) in [4.78, 5) is 22.4. The highest BCUT2D eigenvalue weighted by atomic mass is 16.7. The molecule has 0 aliphatic heterocycles. The molecule has 0 saturated carbocycles. The van der Waals surface area contributed by atoms with Gasteiger partial charge in [-0.05, 0) is 19.3 Å². The fourth-order valence-corrected chi connectivity index (χ4v) is 1.49. The summed E-state index contributed by atoms with van der Waals surface area (Å²) in [5, 5.41) is 0. The fraction of sp³-hybridized carbons (Fsp3) is 0.769. The van der Waals surface area contributed by atoms with E-state index in [1.54, 1.807) is 0 Å². The Hall–Kier alpha value is -1.46. The number of hydrogen-bond acceptors (Lipinski definition) is 6. The van der Waals surface area contributed by atoms with Gasteiger partial charge in [-0.2, -0.15) is 0 Å². The van der Waals surface area contributed by atoms with E-state index in [1.165, 1.54) is 14.2 Å². The SMILES string of the molecule is CCCC[C](OC(=O)OC)C(CCC)OC(=O)OC. The zero-order valence-electron chi connectivity index (χ0n) is 12.1. The second-order valence-electron chi connectivity index (χ2n) is 3.98. The minimum absolute atomic E-state index is 0.404. The predicted octanol–water partition coefficient (Wildman–Crippen LogP) is 3.44. The molecule has 1 radical (unpaired) electrons. The van der Waals surface area contributed by atoms with Gasteiger partial charge in [0.05, 0.1) is 14.2 Å². The first-order valence-corrected chi connectivity index (χ1v) is 6.45. The summed E-state index contributed by atoms with van der Waals surface area (Å²) >= 11 is 0. The molecule has 0 fully saturated rings. The van der Waals surface area contributed by atoms with Gasteiger partial charge in [0.2, 0.25) is 0 Å². The van der Waals surface area contributed by atoms with Gasteiger partial charge in [0, 0.05) is 0 Å². The van der Waals surface area contributed by atoms with Crippen molar-refractivity contribution >= 4 is 12.3 Å². The normalized spacial score (nSPS) is 11.8. The van der Waals surface area contributed by atoms with E-state index in [1.807, 2.05) is 13.8 Å². The van der Waals surface area contributed by atoms with Crippen molar-refractivity contribution < 1.29 is 28.5 Å². The molecule has 0 amide bonds. The maximum absolute atomic E-state index is 11.2. The Morgan fingerprint density at radius 3 is 2.11 bits per heavy atom. The van der Waals surface area contributed by atoms with Crippen LogP contribution in [-0.2, 0) is 18.9 Å². The Morgan fingerprint density at radius 1 is 1.00 bits per heavy atom. The third-order valence-corrected chi connectivity index (χ3v) is 2.47. The van der Waals surface area contributed by atoms with E-state index in [0.717, 1.165) is 19.3 Å². The van der Waals surface area contributed by atoms with Gasteiger partial charge < -0.3 is 18.9 Å².